The molecule has 2 aliphatic rings. The monoisotopic (exact) mass is 369 g/mol. The van der Waals surface area contributed by atoms with E-state index in [9.17, 15) is 5.26 Å². The van der Waals surface area contributed by atoms with Crippen LogP contribution >= 0.6 is 11.8 Å². The number of thioether (sulfide) groups is 1. The second-order valence-electron chi connectivity index (χ2n) is 6.70. The number of hydrogen-bond acceptors (Lipinski definition) is 7. The van der Waals surface area contributed by atoms with Crippen molar-refractivity contribution in [2.75, 3.05) is 27.3 Å². The lowest BCUT2D eigenvalue weighted by Crippen LogP contribution is -2.57. The number of amidine groups is 1. The minimum absolute atomic E-state index is 0.0826. The lowest BCUT2D eigenvalue weighted by Gasteiger charge is -2.42. The van der Waals surface area contributed by atoms with Gasteiger partial charge >= 0.3 is 0 Å². The molecule has 0 aromatic heterocycles. The lowest BCUT2D eigenvalue weighted by molar-refractivity contribution is -0.189. The van der Waals surface area contributed by atoms with Gasteiger partial charge in [0.2, 0.25) is 0 Å². The van der Waals surface area contributed by atoms with Crippen LogP contribution in [0.5, 0.6) is 0 Å². The highest BCUT2D eigenvalue weighted by Gasteiger charge is 2.50. The normalized spacial score (nSPS) is 31.3. The van der Waals surface area contributed by atoms with Crippen molar-refractivity contribution >= 4 is 16.9 Å². The van der Waals surface area contributed by atoms with E-state index < -0.39 is 0 Å². The number of fused-ring (bicyclic) bond motifs is 1. The Labute approximate surface area is 155 Å². The van der Waals surface area contributed by atoms with Crippen molar-refractivity contribution in [2.24, 2.45) is 4.99 Å². The fourth-order valence-electron chi connectivity index (χ4n) is 2.98. The zero-order chi connectivity index (χ0) is 18.2. The molecule has 0 aromatic rings. The predicted molar refractivity (Wildman–Crippen MR) is 101 cm³/mol. The highest BCUT2D eigenvalue weighted by molar-refractivity contribution is 8.14. The highest BCUT2D eigenvalue weighted by Crippen LogP contribution is 2.40. The van der Waals surface area contributed by atoms with E-state index in [1.807, 2.05) is 19.0 Å². The fraction of sp³-hybridized carbons (Fsp3) is 0.889. The summed E-state index contributed by atoms with van der Waals surface area (Å²) < 4.78 is 18.6. The van der Waals surface area contributed by atoms with Gasteiger partial charge in [0.25, 0.3) is 0 Å². The Hall–Kier alpha value is -0.810. The molecule has 0 aromatic carbocycles. The van der Waals surface area contributed by atoms with E-state index in [1.165, 1.54) is 0 Å². The summed E-state index contributed by atoms with van der Waals surface area (Å²) in [6.07, 6.45) is 3.80. The standard InChI is InChI=1S/C18H31N3O3S/c1-5-7-11-22-15-13(9-10-19)24-17-14(16(15)23-12-8-6-2)20-18(25-17)21(3)4/h13-17H,5-9,11-12H2,1-4H3/t13-,14-,15-,16-,17-/m1/s1. The zero-order valence-electron chi connectivity index (χ0n) is 15.8. The molecule has 0 saturated carbocycles. The molecule has 0 N–H and O–H groups in total. The fourth-order valence-corrected chi connectivity index (χ4v) is 4.14. The van der Waals surface area contributed by atoms with Crippen LogP contribution in [0, 0.1) is 11.3 Å². The average molecular weight is 370 g/mol. The maximum absolute atomic E-state index is 9.22. The molecule has 1 saturated heterocycles. The van der Waals surface area contributed by atoms with Crippen LogP contribution < -0.4 is 0 Å². The Kier molecular flexibility index (Phi) is 8.50. The van der Waals surface area contributed by atoms with Crippen molar-refractivity contribution < 1.29 is 14.2 Å². The van der Waals surface area contributed by atoms with E-state index in [4.69, 9.17) is 19.2 Å². The van der Waals surface area contributed by atoms with Crippen molar-refractivity contribution in [2.45, 2.75) is 75.7 Å². The van der Waals surface area contributed by atoms with Gasteiger partial charge in [-0.2, -0.15) is 5.26 Å². The van der Waals surface area contributed by atoms with E-state index >= 15 is 0 Å². The molecule has 142 valence electrons. The number of aliphatic imine (C=N–C) groups is 1. The largest absolute Gasteiger partial charge is 0.373 e. The maximum Gasteiger partial charge on any atom is 0.161 e. The molecule has 0 aliphatic carbocycles. The van der Waals surface area contributed by atoms with Crippen LogP contribution in [0.15, 0.2) is 4.99 Å². The molecule has 0 bridgehead atoms. The summed E-state index contributed by atoms with van der Waals surface area (Å²) in [5, 5.41) is 10.2. The first kappa shape index (κ1) is 20.5. The van der Waals surface area contributed by atoms with Crippen molar-refractivity contribution in [1.29, 1.82) is 5.26 Å². The molecule has 2 aliphatic heterocycles. The number of ether oxygens (including phenoxy) is 3. The molecule has 0 radical (unpaired) electrons. The van der Waals surface area contributed by atoms with Gasteiger partial charge in [0, 0.05) is 27.3 Å². The summed E-state index contributed by atoms with van der Waals surface area (Å²) >= 11 is 1.61. The van der Waals surface area contributed by atoms with Gasteiger partial charge in [-0.15, -0.1) is 0 Å². The van der Waals surface area contributed by atoms with Crippen LogP contribution in [0.3, 0.4) is 0 Å². The van der Waals surface area contributed by atoms with Crippen LogP contribution in [0.2, 0.25) is 0 Å². The predicted octanol–water partition coefficient (Wildman–Crippen LogP) is 3.03. The lowest BCUT2D eigenvalue weighted by atomic mass is 9.96. The van der Waals surface area contributed by atoms with E-state index in [-0.39, 0.29) is 29.8 Å². The highest BCUT2D eigenvalue weighted by atomic mass is 32.2. The molecule has 1 fully saturated rings. The minimum atomic E-state index is -0.265. The van der Waals surface area contributed by atoms with Gasteiger partial charge in [-0.1, -0.05) is 38.5 Å². The Morgan fingerprint density at radius 1 is 1.16 bits per heavy atom. The van der Waals surface area contributed by atoms with Gasteiger partial charge in [-0.05, 0) is 12.8 Å². The van der Waals surface area contributed by atoms with Crippen molar-refractivity contribution in [3.63, 3.8) is 0 Å². The van der Waals surface area contributed by atoms with Gasteiger partial charge in [-0.25, -0.2) is 0 Å². The van der Waals surface area contributed by atoms with Gasteiger partial charge in [-0.3, -0.25) is 4.99 Å². The van der Waals surface area contributed by atoms with Gasteiger partial charge in [0.15, 0.2) is 5.17 Å². The summed E-state index contributed by atoms with van der Waals surface area (Å²) in [7, 11) is 3.97. The Balaban J connectivity index is 2.18. The van der Waals surface area contributed by atoms with Crippen LogP contribution in [-0.2, 0) is 14.2 Å². The average Bonchev–Trinajstić information content (AvgIpc) is 3.01. The van der Waals surface area contributed by atoms with Crippen molar-refractivity contribution in [1.82, 2.24) is 4.90 Å². The van der Waals surface area contributed by atoms with Crippen molar-refractivity contribution in [3.8, 4) is 6.07 Å². The first-order valence-electron chi connectivity index (χ1n) is 9.29. The molecule has 25 heavy (non-hydrogen) atoms. The Bertz CT molecular complexity index is 481. The molecule has 0 amide bonds. The second kappa shape index (κ2) is 10.4. The first-order valence-corrected chi connectivity index (χ1v) is 10.2. The summed E-state index contributed by atoms with van der Waals surface area (Å²) in [5.74, 6) is 0. The quantitative estimate of drug-likeness (QED) is 0.582. The third-order valence-electron chi connectivity index (χ3n) is 4.39. The minimum Gasteiger partial charge on any atom is -0.373 e. The molecular formula is C18H31N3O3S. The second-order valence-corrected chi connectivity index (χ2v) is 7.76. The molecule has 0 unspecified atom stereocenters. The van der Waals surface area contributed by atoms with Crippen LogP contribution in [0.25, 0.3) is 0 Å². The smallest absolute Gasteiger partial charge is 0.161 e. The number of hydrogen-bond donors (Lipinski definition) is 0. The van der Waals surface area contributed by atoms with E-state index in [0.717, 1.165) is 30.9 Å². The molecule has 7 heteroatoms. The van der Waals surface area contributed by atoms with E-state index in [2.05, 4.69) is 19.9 Å². The molecule has 6 nitrogen and oxygen atoms in total. The zero-order valence-corrected chi connectivity index (χ0v) is 16.6. The summed E-state index contributed by atoms with van der Waals surface area (Å²) in [6.45, 7) is 5.64. The van der Waals surface area contributed by atoms with Crippen LogP contribution in [-0.4, -0.2) is 67.2 Å². The molecule has 2 rings (SSSR count). The number of nitrogens with zero attached hydrogens (tertiary/aromatic N) is 3. The molecular weight excluding hydrogens is 338 g/mol. The van der Waals surface area contributed by atoms with Gasteiger partial charge in [0.05, 0.1) is 12.5 Å². The third kappa shape index (κ3) is 5.33. The molecule has 0 spiro atoms. The Morgan fingerprint density at radius 3 is 2.36 bits per heavy atom. The Morgan fingerprint density at radius 2 is 1.80 bits per heavy atom. The summed E-state index contributed by atoms with van der Waals surface area (Å²) in [5.41, 5.74) is -0.103. The topological polar surface area (TPSA) is 67.1 Å². The molecule has 2 heterocycles. The SMILES string of the molecule is CCCCO[C@@H]1[C@H]2N=C(N(C)C)S[C@H]2O[C@H](CC#N)[C@H]1OCCCC. The number of rotatable bonds is 9. The van der Waals surface area contributed by atoms with E-state index in [0.29, 0.717) is 19.6 Å². The van der Waals surface area contributed by atoms with Crippen molar-refractivity contribution in [3.05, 3.63) is 0 Å². The van der Waals surface area contributed by atoms with Crippen LogP contribution in [0.1, 0.15) is 46.0 Å². The first-order chi connectivity index (χ1) is 12.1. The summed E-state index contributed by atoms with van der Waals surface area (Å²) in [6, 6.07) is 2.16. The van der Waals surface area contributed by atoms with Gasteiger partial charge in [0.1, 0.15) is 29.8 Å². The number of unbranched alkanes of at least 4 members (excludes halogenated alkanes) is 2. The number of nitriles is 1. The maximum atomic E-state index is 9.22. The summed E-state index contributed by atoms with van der Waals surface area (Å²) in [4.78, 5) is 6.84. The van der Waals surface area contributed by atoms with E-state index in [1.54, 1.807) is 11.8 Å². The molecule has 5 atom stereocenters. The van der Waals surface area contributed by atoms with Crippen LogP contribution in [0.4, 0.5) is 0 Å². The third-order valence-corrected chi connectivity index (χ3v) is 5.69. The van der Waals surface area contributed by atoms with Gasteiger partial charge < -0.3 is 19.1 Å².